The van der Waals surface area contributed by atoms with Crippen molar-refractivity contribution in [2.24, 2.45) is 0 Å². The summed E-state index contributed by atoms with van der Waals surface area (Å²) in [6.45, 7) is 2.36. The Balaban J connectivity index is 1.65. The van der Waals surface area contributed by atoms with Crippen LogP contribution >= 0.6 is 0 Å². The maximum atomic E-state index is 12.6. The minimum absolute atomic E-state index is 0.0344. The average molecular weight is 285 g/mol. The average Bonchev–Trinajstić information content (AvgIpc) is 3.03. The molecular formula is C15H18F3NO. The molecule has 0 unspecified atom stereocenters. The van der Waals surface area contributed by atoms with E-state index in [1.54, 1.807) is 12.1 Å². The zero-order chi connectivity index (χ0) is 14.2. The highest BCUT2D eigenvalue weighted by Gasteiger charge is 2.44. The second kappa shape index (κ2) is 5.04. The van der Waals surface area contributed by atoms with E-state index in [0.717, 1.165) is 44.6 Å². The van der Waals surface area contributed by atoms with Crippen LogP contribution in [0.4, 0.5) is 13.2 Å². The van der Waals surface area contributed by atoms with Crippen molar-refractivity contribution in [3.8, 4) is 0 Å². The Labute approximate surface area is 116 Å². The van der Waals surface area contributed by atoms with E-state index >= 15 is 0 Å². The van der Waals surface area contributed by atoms with Gasteiger partial charge >= 0.3 is 6.18 Å². The standard InChI is InChI=1S/C15H18F3NO/c16-15(17,18)12-3-1-11(2-4-12)14(6-7-14)10-19-13-5-8-20-9-13/h1-4,13,19H,5-10H2/t13-/m0/s1. The lowest BCUT2D eigenvalue weighted by molar-refractivity contribution is -0.137. The van der Waals surface area contributed by atoms with Crippen LogP contribution in [0.5, 0.6) is 0 Å². The van der Waals surface area contributed by atoms with Crippen LogP contribution < -0.4 is 5.32 Å². The van der Waals surface area contributed by atoms with Crippen molar-refractivity contribution >= 4 is 0 Å². The summed E-state index contributed by atoms with van der Waals surface area (Å²) in [6, 6.07) is 6.02. The normalized spacial score (nSPS) is 24.9. The number of alkyl halides is 3. The molecule has 2 nitrogen and oxygen atoms in total. The Morgan fingerprint density at radius 1 is 1.20 bits per heavy atom. The molecule has 0 amide bonds. The minimum atomic E-state index is -4.26. The minimum Gasteiger partial charge on any atom is -0.380 e. The van der Waals surface area contributed by atoms with Crippen molar-refractivity contribution in [1.29, 1.82) is 0 Å². The molecule has 1 saturated carbocycles. The van der Waals surface area contributed by atoms with E-state index in [0.29, 0.717) is 6.04 Å². The van der Waals surface area contributed by atoms with E-state index in [2.05, 4.69) is 5.32 Å². The molecule has 1 saturated heterocycles. The number of hydrogen-bond donors (Lipinski definition) is 1. The Bertz CT molecular complexity index is 459. The largest absolute Gasteiger partial charge is 0.416 e. The van der Waals surface area contributed by atoms with Gasteiger partial charge in [0.1, 0.15) is 0 Å². The van der Waals surface area contributed by atoms with Crippen molar-refractivity contribution in [2.75, 3.05) is 19.8 Å². The van der Waals surface area contributed by atoms with Gasteiger partial charge in [0, 0.05) is 24.6 Å². The van der Waals surface area contributed by atoms with Gasteiger partial charge in [0.05, 0.1) is 12.2 Å². The third-order valence-electron chi connectivity index (χ3n) is 4.34. The van der Waals surface area contributed by atoms with Crippen LogP contribution in [0, 0.1) is 0 Å². The predicted octanol–water partition coefficient (Wildman–Crippen LogP) is 3.12. The molecule has 1 aromatic rings. The van der Waals surface area contributed by atoms with Crippen molar-refractivity contribution in [1.82, 2.24) is 5.32 Å². The van der Waals surface area contributed by atoms with Gasteiger partial charge < -0.3 is 10.1 Å². The summed E-state index contributed by atoms with van der Waals surface area (Å²) in [5.41, 5.74) is 0.471. The molecule has 1 aliphatic carbocycles. The van der Waals surface area contributed by atoms with Gasteiger partial charge in [-0.05, 0) is 37.0 Å². The van der Waals surface area contributed by atoms with Crippen LogP contribution in [0.1, 0.15) is 30.4 Å². The summed E-state index contributed by atoms with van der Waals surface area (Å²) >= 11 is 0. The monoisotopic (exact) mass is 285 g/mol. The highest BCUT2D eigenvalue weighted by Crippen LogP contribution is 2.48. The molecule has 0 aromatic heterocycles. The van der Waals surface area contributed by atoms with Crippen LogP contribution in [0.15, 0.2) is 24.3 Å². The van der Waals surface area contributed by atoms with Gasteiger partial charge in [0.15, 0.2) is 0 Å². The number of ether oxygens (including phenoxy) is 1. The second-order valence-corrected chi connectivity index (χ2v) is 5.80. The summed E-state index contributed by atoms with van der Waals surface area (Å²) in [6.07, 6.45) is -1.16. The summed E-state index contributed by atoms with van der Waals surface area (Å²) in [7, 11) is 0. The van der Waals surface area contributed by atoms with E-state index < -0.39 is 11.7 Å². The predicted molar refractivity (Wildman–Crippen MR) is 69.6 cm³/mol. The fraction of sp³-hybridized carbons (Fsp3) is 0.600. The van der Waals surface area contributed by atoms with Gasteiger partial charge in [0.2, 0.25) is 0 Å². The van der Waals surface area contributed by atoms with Gasteiger partial charge in [-0.3, -0.25) is 0 Å². The topological polar surface area (TPSA) is 21.3 Å². The first-order chi connectivity index (χ1) is 9.50. The molecule has 5 heteroatoms. The second-order valence-electron chi connectivity index (χ2n) is 5.80. The van der Waals surface area contributed by atoms with E-state index in [-0.39, 0.29) is 5.41 Å². The fourth-order valence-corrected chi connectivity index (χ4v) is 2.77. The van der Waals surface area contributed by atoms with Gasteiger partial charge in [-0.1, -0.05) is 12.1 Å². The Morgan fingerprint density at radius 3 is 2.40 bits per heavy atom. The van der Waals surface area contributed by atoms with Gasteiger partial charge in [-0.2, -0.15) is 13.2 Å². The zero-order valence-electron chi connectivity index (χ0n) is 11.2. The van der Waals surface area contributed by atoms with E-state index in [9.17, 15) is 13.2 Å². The molecule has 0 radical (unpaired) electrons. The maximum Gasteiger partial charge on any atom is 0.416 e. The molecule has 20 heavy (non-hydrogen) atoms. The molecule has 1 aliphatic heterocycles. The van der Waals surface area contributed by atoms with Crippen molar-refractivity contribution in [2.45, 2.75) is 36.9 Å². The van der Waals surface area contributed by atoms with Crippen LogP contribution in [-0.2, 0) is 16.3 Å². The van der Waals surface area contributed by atoms with Crippen molar-refractivity contribution in [3.63, 3.8) is 0 Å². The van der Waals surface area contributed by atoms with E-state index in [1.807, 2.05) is 0 Å². The number of hydrogen-bond acceptors (Lipinski definition) is 2. The van der Waals surface area contributed by atoms with Crippen LogP contribution in [0.2, 0.25) is 0 Å². The Morgan fingerprint density at radius 2 is 1.90 bits per heavy atom. The molecule has 1 aromatic carbocycles. The molecule has 2 aliphatic rings. The molecule has 0 bridgehead atoms. The Hall–Kier alpha value is -1.07. The lowest BCUT2D eigenvalue weighted by Gasteiger charge is -2.20. The highest BCUT2D eigenvalue weighted by molar-refractivity contribution is 5.35. The highest BCUT2D eigenvalue weighted by atomic mass is 19.4. The zero-order valence-corrected chi connectivity index (χ0v) is 11.2. The molecule has 0 spiro atoms. The molecule has 2 fully saturated rings. The Kier molecular flexibility index (Phi) is 3.50. The number of benzene rings is 1. The molecule has 1 atom stereocenters. The smallest absolute Gasteiger partial charge is 0.380 e. The van der Waals surface area contributed by atoms with Gasteiger partial charge in [-0.15, -0.1) is 0 Å². The molecule has 110 valence electrons. The van der Waals surface area contributed by atoms with Crippen molar-refractivity contribution < 1.29 is 17.9 Å². The number of rotatable bonds is 4. The summed E-state index contributed by atoms with van der Waals surface area (Å²) < 4.78 is 43.0. The molecule has 1 heterocycles. The summed E-state index contributed by atoms with van der Waals surface area (Å²) in [5, 5.41) is 3.48. The summed E-state index contributed by atoms with van der Waals surface area (Å²) in [5.74, 6) is 0. The number of nitrogens with one attached hydrogen (secondary N) is 1. The first-order valence-corrected chi connectivity index (χ1v) is 6.99. The van der Waals surface area contributed by atoms with Gasteiger partial charge in [-0.25, -0.2) is 0 Å². The molecule has 3 rings (SSSR count). The third kappa shape index (κ3) is 2.83. The third-order valence-corrected chi connectivity index (χ3v) is 4.34. The fourth-order valence-electron chi connectivity index (χ4n) is 2.77. The van der Waals surface area contributed by atoms with Crippen LogP contribution in [-0.4, -0.2) is 25.8 Å². The van der Waals surface area contributed by atoms with Gasteiger partial charge in [0.25, 0.3) is 0 Å². The first kappa shape index (κ1) is 13.9. The van der Waals surface area contributed by atoms with Crippen LogP contribution in [0.25, 0.3) is 0 Å². The van der Waals surface area contributed by atoms with E-state index in [1.165, 1.54) is 12.1 Å². The lowest BCUT2D eigenvalue weighted by atomic mass is 9.94. The lowest BCUT2D eigenvalue weighted by Crippen LogP contribution is -2.36. The summed E-state index contributed by atoms with van der Waals surface area (Å²) in [4.78, 5) is 0. The maximum absolute atomic E-state index is 12.6. The SMILES string of the molecule is FC(F)(F)c1ccc(C2(CN[C@H]3CCOC3)CC2)cc1. The van der Waals surface area contributed by atoms with Crippen molar-refractivity contribution in [3.05, 3.63) is 35.4 Å². The quantitative estimate of drug-likeness (QED) is 0.917. The number of halogens is 3. The van der Waals surface area contributed by atoms with Crippen LogP contribution in [0.3, 0.4) is 0 Å². The van der Waals surface area contributed by atoms with E-state index in [4.69, 9.17) is 4.74 Å². The molecular weight excluding hydrogens is 267 g/mol. The first-order valence-electron chi connectivity index (χ1n) is 6.99. The molecule has 1 N–H and O–H groups in total.